The molecule has 2 heteroatoms. The van der Waals surface area contributed by atoms with Gasteiger partial charge in [-0.25, -0.2) is 0 Å². The van der Waals surface area contributed by atoms with E-state index in [1.165, 1.54) is 24.8 Å². The molecule has 18 heavy (non-hydrogen) atoms. The summed E-state index contributed by atoms with van der Waals surface area (Å²) in [5, 5.41) is 0. The van der Waals surface area contributed by atoms with Gasteiger partial charge in [-0.2, -0.15) is 0 Å². The number of rotatable bonds is 6. The smallest absolute Gasteiger partial charge is 0.0575 e. The molecule has 0 amide bonds. The van der Waals surface area contributed by atoms with Crippen LogP contribution in [-0.4, -0.2) is 18.8 Å². The summed E-state index contributed by atoms with van der Waals surface area (Å²) in [6.07, 6.45) is 8.66. The third kappa shape index (κ3) is 4.79. The van der Waals surface area contributed by atoms with E-state index in [0.29, 0.717) is 12.1 Å². The topological polar surface area (TPSA) is 35.2 Å². The van der Waals surface area contributed by atoms with Crippen LogP contribution in [0.4, 0.5) is 0 Å². The lowest BCUT2D eigenvalue weighted by Crippen LogP contribution is -2.25. The lowest BCUT2D eigenvalue weighted by molar-refractivity contribution is 0.00905. The molecule has 1 fully saturated rings. The van der Waals surface area contributed by atoms with Crippen molar-refractivity contribution in [3.8, 4) is 0 Å². The Bertz CT molecular complexity index is 319. The van der Waals surface area contributed by atoms with Crippen LogP contribution in [0.3, 0.4) is 0 Å². The Labute approximate surface area is 111 Å². The third-order valence-electron chi connectivity index (χ3n) is 3.78. The van der Waals surface area contributed by atoms with Gasteiger partial charge in [0, 0.05) is 12.6 Å². The van der Waals surface area contributed by atoms with Crippen molar-refractivity contribution in [2.45, 2.75) is 57.1 Å². The van der Waals surface area contributed by atoms with Crippen LogP contribution in [0, 0.1) is 0 Å². The second kappa shape index (κ2) is 7.55. The molecular weight excluding hydrogens is 222 g/mol. The monoisotopic (exact) mass is 247 g/mol. The number of ether oxygens (including phenoxy) is 1. The van der Waals surface area contributed by atoms with Crippen LogP contribution in [0.1, 0.15) is 44.1 Å². The Morgan fingerprint density at radius 2 is 2.00 bits per heavy atom. The van der Waals surface area contributed by atoms with Crippen LogP contribution >= 0.6 is 0 Å². The Hall–Kier alpha value is -0.860. The largest absolute Gasteiger partial charge is 0.378 e. The summed E-state index contributed by atoms with van der Waals surface area (Å²) in [7, 11) is 0. The molecule has 0 spiro atoms. The minimum atomic E-state index is 0.315. The summed E-state index contributed by atoms with van der Waals surface area (Å²) < 4.78 is 5.74. The predicted octanol–water partition coefficient (Wildman–Crippen LogP) is 3.30. The highest BCUT2D eigenvalue weighted by Gasteiger charge is 2.14. The molecule has 2 nitrogen and oxygen atoms in total. The summed E-state index contributed by atoms with van der Waals surface area (Å²) in [5.74, 6) is 0. The Morgan fingerprint density at radius 3 is 2.72 bits per heavy atom. The van der Waals surface area contributed by atoms with E-state index in [2.05, 4.69) is 30.3 Å². The maximum Gasteiger partial charge on any atom is 0.0575 e. The minimum absolute atomic E-state index is 0.315. The summed E-state index contributed by atoms with van der Waals surface area (Å²) in [5.41, 5.74) is 7.57. The van der Waals surface area contributed by atoms with Crippen molar-refractivity contribution in [1.29, 1.82) is 0 Å². The van der Waals surface area contributed by atoms with E-state index in [4.69, 9.17) is 10.5 Å². The van der Waals surface area contributed by atoms with Gasteiger partial charge >= 0.3 is 0 Å². The lowest BCUT2D eigenvalue weighted by atomic mass is 9.98. The van der Waals surface area contributed by atoms with Gasteiger partial charge in [-0.15, -0.1) is 0 Å². The molecule has 1 aliphatic heterocycles. The van der Waals surface area contributed by atoms with Gasteiger partial charge in [0.25, 0.3) is 0 Å². The van der Waals surface area contributed by atoms with E-state index in [-0.39, 0.29) is 0 Å². The van der Waals surface area contributed by atoms with Crippen LogP contribution in [-0.2, 0) is 11.2 Å². The van der Waals surface area contributed by atoms with E-state index < -0.39 is 0 Å². The summed E-state index contributed by atoms with van der Waals surface area (Å²) in [4.78, 5) is 0. The maximum atomic E-state index is 6.18. The molecule has 1 heterocycles. The number of benzene rings is 1. The molecule has 2 atom stereocenters. The standard InChI is InChI=1S/C16H25NO/c17-15(10-9-14-6-2-1-3-7-14)11-12-16-8-4-5-13-18-16/h1-3,6-7,15-16H,4-5,8-13,17H2. The molecule has 2 unspecified atom stereocenters. The molecule has 0 aromatic heterocycles. The molecule has 0 aliphatic carbocycles. The predicted molar refractivity (Wildman–Crippen MR) is 75.6 cm³/mol. The van der Waals surface area contributed by atoms with E-state index in [0.717, 1.165) is 32.3 Å². The average molecular weight is 247 g/mol. The van der Waals surface area contributed by atoms with E-state index >= 15 is 0 Å². The zero-order chi connectivity index (χ0) is 12.6. The van der Waals surface area contributed by atoms with Gasteiger partial charge < -0.3 is 10.5 Å². The number of hydrogen-bond donors (Lipinski definition) is 1. The fraction of sp³-hybridized carbons (Fsp3) is 0.625. The van der Waals surface area contributed by atoms with Crippen molar-refractivity contribution in [1.82, 2.24) is 0 Å². The van der Waals surface area contributed by atoms with Crippen LogP contribution in [0.5, 0.6) is 0 Å². The number of nitrogens with two attached hydrogens (primary N) is 1. The molecule has 1 aromatic rings. The zero-order valence-corrected chi connectivity index (χ0v) is 11.2. The molecule has 1 saturated heterocycles. The van der Waals surface area contributed by atoms with E-state index in [1.807, 2.05) is 0 Å². The van der Waals surface area contributed by atoms with Gasteiger partial charge in [0.1, 0.15) is 0 Å². The van der Waals surface area contributed by atoms with E-state index in [1.54, 1.807) is 0 Å². The van der Waals surface area contributed by atoms with Crippen LogP contribution in [0.2, 0.25) is 0 Å². The average Bonchev–Trinajstić information content (AvgIpc) is 2.45. The van der Waals surface area contributed by atoms with Gasteiger partial charge in [0.2, 0.25) is 0 Å². The van der Waals surface area contributed by atoms with Crippen molar-refractivity contribution in [2.24, 2.45) is 5.73 Å². The Morgan fingerprint density at radius 1 is 1.17 bits per heavy atom. The Balaban J connectivity index is 1.61. The normalized spacial score (nSPS) is 21.7. The van der Waals surface area contributed by atoms with Gasteiger partial charge in [0.15, 0.2) is 0 Å². The highest BCUT2D eigenvalue weighted by Crippen LogP contribution is 2.18. The summed E-state index contributed by atoms with van der Waals surface area (Å²) >= 11 is 0. The summed E-state index contributed by atoms with van der Waals surface area (Å²) in [6.45, 7) is 0.948. The molecule has 100 valence electrons. The molecule has 0 radical (unpaired) electrons. The first-order chi connectivity index (χ1) is 8.84. The molecule has 2 N–H and O–H groups in total. The second-order valence-electron chi connectivity index (χ2n) is 5.35. The molecule has 0 saturated carbocycles. The first-order valence-corrected chi connectivity index (χ1v) is 7.25. The fourth-order valence-corrected chi connectivity index (χ4v) is 2.58. The molecule has 2 rings (SSSR count). The third-order valence-corrected chi connectivity index (χ3v) is 3.78. The van der Waals surface area contributed by atoms with E-state index in [9.17, 15) is 0 Å². The molecule has 1 aromatic carbocycles. The van der Waals surface area contributed by atoms with Crippen molar-refractivity contribution in [3.63, 3.8) is 0 Å². The van der Waals surface area contributed by atoms with Gasteiger partial charge in [-0.3, -0.25) is 0 Å². The first kappa shape index (κ1) is 13.6. The molecule has 0 bridgehead atoms. The van der Waals surface area contributed by atoms with Gasteiger partial charge in [-0.05, 0) is 50.5 Å². The lowest BCUT2D eigenvalue weighted by Gasteiger charge is -2.23. The molecular formula is C16H25NO. The Kier molecular flexibility index (Phi) is 5.69. The zero-order valence-electron chi connectivity index (χ0n) is 11.2. The fourth-order valence-electron chi connectivity index (χ4n) is 2.58. The minimum Gasteiger partial charge on any atom is -0.378 e. The van der Waals surface area contributed by atoms with Crippen molar-refractivity contribution < 1.29 is 4.74 Å². The molecule has 1 aliphatic rings. The van der Waals surface area contributed by atoms with Gasteiger partial charge in [-0.1, -0.05) is 30.3 Å². The van der Waals surface area contributed by atoms with Crippen molar-refractivity contribution in [3.05, 3.63) is 35.9 Å². The first-order valence-electron chi connectivity index (χ1n) is 7.25. The van der Waals surface area contributed by atoms with Crippen LogP contribution in [0.25, 0.3) is 0 Å². The highest BCUT2D eigenvalue weighted by molar-refractivity contribution is 5.14. The highest BCUT2D eigenvalue weighted by atomic mass is 16.5. The summed E-state index contributed by atoms with van der Waals surface area (Å²) in [6, 6.07) is 10.9. The quantitative estimate of drug-likeness (QED) is 0.837. The maximum absolute atomic E-state index is 6.18. The second-order valence-corrected chi connectivity index (χ2v) is 5.35. The number of hydrogen-bond acceptors (Lipinski definition) is 2. The van der Waals surface area contributed by atoms with Gasteiger partial charge in [0.05, 0.1) is 6.10 Å². The SMILES string of the molecule is NC(CCc1ccccc1)CCC1CCCCO1. The number of aryl methyl sites for hydroxylation is 1. The van der Waals surface area contributed by atoms with Crippen LogP contribution < -0.4 is 5.73 Å². The van der Waals surface area contributed by atoms with Crippen molar-refractivity contribution >= 4 is 0 Å². The van der Waals surface area contributed by atoms with Crippen LogP contribution in [0.15, 0.2) is 30.3 Å². The van der Waals surface area contributed by atoms with Crippen molar-refractivity contribution in [2.75, 3.05) is 6.61 Å².